The van der Waals surface area contributed by atoms with Crippen molar-refractivity contribution < 1.29 is 52.5 Å². The molecule has 0 aromatic carbocycles. The summed E-state index contributed by atoms with van der Waals surface area (Å²) in [6.45, 7) is 2.73. The molecule has 0 saturated carbocycles. The van der Waals surface area contributed by atoms with Crippen molar-refractivity contribution in [1.82, 2.24) is 0 Å². The van der Waals surface area contributed by atoms with Gasteiger partial charge in [-0.1, -0.05) is 0 Å². The molecule has 10 nitrogen and oxygen atoms in total. The van der Waals surface area contributed by atoms with Crippen LogP contribution in [0, 0.1) is 0 Å². The average Bonchev–Trinajstić information content (AvgIpc) is 2.08. The quantitative estimate of drug-likeness (QED) is 0.430. The monoisotopic (exact) mass is 380 g/mol. The molecule has 0 radical (unpaired) electrons. The van der Waals surface area contributed by atoms with Crippen LogP contribution in [0.25, 0.3) is 0 Å². The van der Waals surface area contributed by atoms with Gasteiger partial charge in [-0.15, -0.1) is 8.80 Å². The second kappa shape index (κ2) is 6.93. The zero-order valence-corrected chi connectivity index (χ0v) is 13.2. The van der Waals surface area contributed by atoms with Crippen molar-refractivity contribution in [3.05, 3.63) is 23.7 Å². The van der Waals surface area contributed by atoms with Gasteiger partial charge in [0, 0.05) is 11.8 Å². The molecule has 0 spiro atoms. The van der Waals surface area contributed by atoms with E-state index in [-0.39, 0.29) is 28.6 Å². The molecule has 21 heavy (non-hydrogen) atoms. The molecule has 2 rings (SSSR count). The summed E-state index contributed by atoms with van der Waals surface area (Å²) in [5.41, 5.74) is 0. The van der Waals surface area contributed by atoms with Crippen molar-refractivity contribution >= 4 is 32.4 Å². The van der Waals surface area contributed by atoms with Gasteiger partial charge in [0.2, 0.25) is 0 Å². The minimum absolute atomic E-state index is 0. The molecule has 2 aliphatic rings. The molecule has 13 heteroatoms. The fraction of sp³-hybridized carbons (Fsp3) is 0.250. The predicted molar refractivity (Wildman–Crippen MR) is 62.4 cm³/mol. The molecule has 0 aromatic heterocycles. The van der Waals surface area contributed by atoms with Crippen molar-refractivity contribution in [3.8, 4) is 0 Å². The normalized spacial score (nSPS) is 21.4. The first-order valence-electron chi connectivity index (χ1n) is 4.78. The number of nitrogens with zero attached hydrogens (tertiary/aromatic N) is 2. The second-order valence-electron chi connectivity index (χ2n) is 3.39. The van der Waals surface area contributed by atoms with Gasteiger partial charge in [-0.2, -0.15) is 16.8 Å². The molecular formula is C8H8FeN2O8S2. The van der Waals surface area contributed by atoms with E-state index in [0.717, 1.165) is 12.2 Å². The van der Waals surface area contributed by atoms with Crippen molar-refractivity contribution in [1.29, 1.82) is 0 Å². The van der Waals surface area contributed by atoms with Crippen LogP contribution >= 0.6 is 0 Å². The molecule has 0 aliphatic carbocycles. The number of allylic oxidation sites excluding steroid dienone is 2. The van der Waals surface area contributed by atoms with Gasteiger partial charge in [0.1, 0.15) is 11.5 Å². The van der Waals surface area contributed by atoms with Crippen LogP contribution in [0.15, 0.2) is 32.5 Å². The molecule has 0 fully saturated rings. The Bertz CT molecular complexity index is 668. The molecule has 0 unspecified atom stereocenters. The molecule has 0 atom stereocenters. The van der Waals surface area contributed by atoms with Gasteiger partial charge in [0.05, 0.1) is 0 Å². The fourth-order valence-electron chi connectivity index (χ4n) is 1.04. The predicted octanol–water partition coefficient (Wildman–Crippen LogP) is -2.15. The molecule has 2 heterocycles. The van der Waals surface area contributed by atoms with Crippen LogP contribution in [-0.4, -0.2) is 28.6 Å². The van der Waals surface area contributed by atoms with Crippen LogP contribution in [-0.2, 0) is 46.0 Å². The summed E-state index contributed by atoms with van der Waals surface area (Å²) in [4.78, 5) is 0. The summed E-state index contributed by atoms with van der Waals surface area (Å²) in [6.07, 6.45) is 2.00. The third-order valence-corrected chi connectivity index (χ3v) is 3.28. The Labute approximate surface area is 131 Å². The molecule has 0 saturated heterocycles. The van der Waals surface area contributed by atoms with Gasteiger partial charge >= 0.3 is 37.7 Å². The number of rotatable bonds is 0. The first-order valence-corrected chi connectivity index (χ1v) is 7.51. The fourth-order valence-corrected chi connectivity index (χ4v) is 2.42. The number of hydrogen-bond acceptors (Lipinski definition) is 8. The van der Waals surface area contributed by atoms with Crippen LogP contribution in [0.1, 0.15) is 13.8 Å². The van der Waals surface area contributed by atoms with Gasteiger partial charge in [0.25, 0.3) is 0 Å². The topological polar surface area (TPSA) is 158 Å². The summed E-state index contributed by atoms with van der Waals surface area (Å²) in [7, 11) is -7.95. The van der Waals surface area contributed by atoms with Crippen molar-refractivity contribution in [2.45, 2.75) is 13.8 Å². The Morgan fingerprint density at radius 2 is 1.14 bits per heavy atom. The summed E-state index contributed by atoms with van der Waals surface area (Å²) in [5.74, 6) is -1.52. The molecule has 0 amide bonds. The Kier molecular flexibility index (Phi) is 6.42. The largest absolute Gasteiger partial charge is 2.00 e. The van der Waals surface area contributed by atoms with Crippen LogP contribution < -0.4 is 10.2 Å². The van der Waals surface area contributed by atoms with Gasteiger partial charge in [-0.3, -0.25) is 0 Å². The second-order valence-corrected chi connectivity index (χ2v) is 5.80. The maximum absolute atomic E-state index is 10.4. The van der Waals surface area contributed by atoms with E-state index in [0.29, 0.717) is 0 Å². The number of hydrogen-bond donors (Lipinski definition) is 0. The minimum atomic E-state index is -3.97. The summed E-state index contributed by atoms with van der Waals surface area (Å²) < 4.78 is 55.5. The van der Waals surface area contributed by atoms with E-state index < -0.39 is 32.4 Å². The Balaban J connectivity index is 0.000000364. The Morgan fingerprint density at radius 1 is 0.857 bits per heavy atom. The van der Waals surface area contributed by atoms with Gasteiger partial charge in [-0.05, 0) is 26.0 Å². The first kappa shape index (κ1) is 19.4. The van der Waals surface area contributed by atoms with E-state index in [4.69, 9.17) is 0 Å². The van der Waals surface area contributed by atoms with Crippen LogP contribution in [0.5, 0.6) is 0 Å². The third-order valence-electron chi connectivity index (χ3n) is 1.53. The van der Waals surface area contributed by atoms with Crippen molar-refractivity contribution in [2.24, 2.45) is 8.80 Å². The van der Waals surface area contributed by atoms with E-state index in [1.54, 1.807) is 0 Å². The van der Waals surface area contributed by atoms with Gasteiger partial charge in [0.15, 0.2) is 0 Å². The average molecular weight is 380 g/mol. The maximum atomic E-state index is 10.4. The van der Waals surface area contributed by atoms with E-state index in [1.807, 2.05) is 0 Å². The molecule has 2 aliphatic heterocycles. The Hall–Kier alpha value is -1.56. The van der Waals surface area contributed by atoms with E-state index >= 15 is 0 Å². The first-order chi connectivity index (χ1) is 8.99. The molecule has 0 N–H and O–H groups in total. The minimum Gasteiger partial charge on any atom is -0.858 e. The van der Waals surface area contributed by atoms with E-state index in [1.165, 1.54) is 13.8 Å². The molecular weight excluding hydrogens is 372 g/mol. The van der Waals surface area contributed by atoms with Gasteiger partial charge in [-0.25, -0.2) is 0 Å². The molecule has 0 bridgehead atoms. The molecule has 0 aromatic rings. The maximum Gasteiger partial charge on any atom is 2.00 e. The summed E-state index contributed by atoms with van der Waals surface area (Å²) >= 11 is 0. The smallest absolute Gasteiger partial charge is 0.858 e. The molecule has 118 valence electrons. The van der Waals surface area contributed by atoms with Crippen LogP contribution in [0.4, 0.5) is 0 Å². The van der Waals surface area contributed by atoms with Crippen molar-refractivity contribution in [3.63, 3.8) is 0 Å². The summed E-state index contributed by atoms with van der Waals surface area (Å²) in [5, 5.41) is 20.8. The van der Waals surface area contributed by atoms with Crippen molar-refractivity contribution in [2.75, 3.05) is 0 Å². The van der Waals surface area contributed by atoms with E-state index in [9.17, 15) is 27.0 Å². The third kappa shape index (κ3) is 7.13. The SMILES string of the molecule is CC1=CC([O-])=NS(=O)(=O)O1.CC1=CC([O-])=NS(=O)(=O)O1.[Fe+2]. The summed E-state index contributed by atoms with van der Waals surface area (Å²) in [6, 6.07) is 0. The van der Waals surface area contributed by atoms with Crippen LogP contribution in [0.2, 0.25) is 0 Å². The van der Waals surface area contributed by atoms with E-state index in [2.05, 4.69) is 17.2 Å². The standard InChI is InChI=1S/2C4H5NO4S.Fe/c2*1-3-2-4(6)5-10(7,8)9-3;/h2*2H,1H3,(H,5,6);/q;;+2/p-2. The Morgan fingerprint density at radius 3 is 1.33 bits per heavy atom. The van der Waals surface area contributed by atoms with Gasteiger partial charge < -0.3 is 18.6 Å². The zero-order valence-electron chi connectivity index (χ0n) is 10.5. The van der Waals surface area contributed by atoms with Crippen LogP contribution in [0.3, 0.4) is 0 Å². The zero-order chi connectivity index (χ0) is 15.6.